The van der Waals surface area contributed by atoms with Crippen LogP contribution in [-0.2, 0) is 41.6 Å². The van der Waals surface area contributed by atoms with Crippen molar-refractivity contribution in [3.05, 3.63) is 155 Å². The lowest BCUT2D eigenvalue weighted by Gasteiger charge is -2.45. The minimum absolute atomic E-state index is 0.0426. The average Bonchev–Trinajstić information content (AvgIpc) is 3.11. The zero-order chi connectivity index (χ0) is 32.1. The monoisotopic (exact) mass is 622 g/mol. The Morgan fingerprint density at radius 3 is 1.63 bits per heavy atom. The molecule has 0 spiro atoms. The molecule has 5 rings (SSSR count). The van der Waals surface area contributed by atoms with Gasteiger partial charge >= 0.3 is 11.9 Å². The lowest BCUT2D eigenvalue weighted by Crippen LogP contribution is -2.62. The third-order valence-corrected chi connectivity index (χ3v) is 7.48. The van der Waals surface area contributed by atoms with Gasteiger partial charge in [0.15, 0.2) is 12.2 Å². The number of rotatable bonds is 13. The number of allylic oxidation sites excluding steroid dienone is 2. The van der Waals surface area contributed by atoms with E-state index in [1.165, 1.54) is 0 Å². The maximum Gasteiger partial charge on any atom is 0.338 e. The van der Waals surface area contributed by atoms with Gasteiger partial charge in [0, 0.05) is 0 Å². The third kappa shape index (κ3) is 8.91. The molecule has 4 aromatic carbocycles. The first-order valence-electron chi connectivity index (χ1n) is 15.3. The summed E-state index contributed by atoms with van der Waals surface area (Å²) in [6.45, 7) is 4.11. The topological polar surface area (TPSA) is 89.5 Å². The Kier molecular flexibility index (Phi) is 11.7. The van der Waals surface area contributed by atoms with Crippen LogP contribution >= 0.6 is 0 Å². The van der Waals surface area contributed by atoms with Gasteiger partial charge in [0.2, 0.25) is 6.29 Å². The Morgan fingerprint density at radius 2 is 1.11 bits per heavy atom. The zero-order valence-corrected chi connectivity index (χ0v) is 25.9. The van der Waals surface area contributed by atoms with E-state index in [1.807, 2.05) is 79.7 Å². The Hall–Kier alpha value is -4.76. The van der Waals surface area contributed by atoms with Gasteiger partial charge < -0.3 is 28.4 Å². The van der Waals surface area contributed by atoms with Crippen LogP contribution in [0.15, 0.2) is 133 Å². The molecule has 0 N–H and O–H groups in total. The summed E-state index contributed by atoms with van der Waals surface area (Å²) in [5, 5.41) is 0. The van der Waals surface area contributed by atoms with E-state index < -0.39 is 42.6 Å². The first-order valence-corrected chi connectivity index (χ1v) is 15.3. The van der Waals surface area contributed by atoms with Crippen molar-refractivity contribution < 1.29 is 38.0 Å². The maximum absolute atomic E-state index is 13.5. The number of ether oxygens (including phenoxy) is 6. The summed E-state index contributed by atoms with van der Waals surface area (Å²) >= 11 is 0. The smallest absolute Gasteiger partial charge is 0.338 e. The molecule has 0 radical (unpaired) electrons. The van der Waals surface area contributed by atoms with E-state index in [0.717, 1.165) is 11.1 Å². The van der Waals surface area contributed by atoms with Crippen LogP contribution < -0.4 is 0 Å². The van der Waals surface area contributed by atoms with E-state index in [0.29, 0.717) is 23.5 Å². The van der Waals surface area contributed by atoms with Crippen LogP contribution in [0.25, 0.3) is 0 Å². The molecule has 5 atom stereocenters. The molecule has 0 unspecified atom stereocenters. The molecule has 0 bridgehead atoms. The highest BCUT2D eigenvalue weighted by Gasteiger charge is 2.52. The van der Waals surface area contributed by atoms with E-state index in [1.54, 1.807) is 61.5 Å². The Morgan fingerprint density at radius 1 is 0.630 bits per heavy atom. The standard InChI is InChI=1S/C38H38O8/c1-3-27(2)43-38-35(46-37(40)31-22-14-7-15-23-31)34(42-25-29-18-10-5-11-19-29)33(45-36(39)30-20-12-6-13-21-30)32(44-38)26-41-24-28-16-8-4-9-17-28/h3-23,32-35,38H,24-26H2,1-2H3/b27-3-/t32-,33-,34+,35-,38-/m1/s1. The van der Waals surface area contributed by atoms with E-state index in [2.05, 4.69) is 0 Å². The van der Waals surface area contributed by atoms with Gasteiger partial charge in [0.1, 0.15) is 12.2 Å². The molecule has 0 aromatic heterocycles. The fraction of sp³-hybridized carbons (Fsp3) is 0.263. The Balaban J connectivity index is 1.50. The lowest BCUT2D eigenvalue weighted by atomic mass is 9.97. The van der Waals surface area contributed by atoms with Gasteiger partial charge in [-0.2, -0.15) is 0 Å². The summed E-state index contributed by atoms with van der Waals surface area (Å²) in [5.74, 6) is -0.620. The molecular formula is C38H38O8. The quantitative estimate of drug-likeness (QED) is 0.118. The highest BCUT2D eigenvalue weighted by Crippen LogP contribution is 2.32. The van der Waals surface area contributed by atoms with Gasteiger partial charge in [0.25, 0.3) is 0 Å². The molecule has 46 heavy (non-hydrogen) atoms. The van der Waals surface area contributed by atoms with E-state index in [4.69, 9.17) is 28.4 Å². The van der Waals surface area contributed by atoms with Crippen molar-refractivity contribution in [2.45, 2.75) is 57.8 Å². The summed E-state index contributed by atoms with van der Waals surface area (Å²) in [5.41, 5.74) is 2.56. The number of carbonyl (C=O) groups is 2. The highest BCUT2D eigenvalue weighted by molar-refractivity contribution is 5.90. The van der Waals surface area contributed by atoms with E-state index >= 15 is 0 Å². The average molecular weight is 623 g/mol. The Bertz CT molecular complexity index is 1540. The second-order valence-corrected chi connectivity index (χ2v) is 10.8. The second-order valence-electron chi connectivity index (χ2n) is 10.8. The maximum atomic E-state index is 13.5. The van der Waals surface area contributed by atoms with Crippen LogP contribution in [0, 0.1) is 0 Å². The van der Waals surface area contributed by atoms with Crippen molar-refractivity contribution in [1.82, 2.24) is 0 Å². The van der Waals surface area contributed by atoms with Crippen LogP contribution in [0.3, 0.4) is 0 Å². The predicted octanol–water partition coefficient (Wildman–Crippen LogP) is 6.91. The fourth-order valence-corrected chi connectivity index (χ4v) is 4.98. The normalized spacial score (nSPS) is 21.3. The summed E-state index contributed by atoms with van der Waals surface area (Å²) in [6, 6.07) is 36.6. The van der Waals surface area contributed by atoms with Gasteiger partial charge in [0.05, 0.1) is 36.7 Å². The molecule has 238 valence electrons. The van der Waals surface area contributed by atoms with Crippen molar-refractivity contribution in [2.75, 3.05) is 6.61 Å². The SMILES string of the molecule is C/C=C(/C)O[C@@H]1O[C@H](COCc2ccccc2)[C@@H](OC(=O)c2ccccc2)[C@H](OCc2ccccc2)[C@H]1OC(=O)c1ccccc1. The first-order chi connectivity index (χ1) is 22.5. The minimum atomic E-state index is -1.12. The first kappa shape index (κ1) is 32.6. The number of benzene rings is 4. The molecule has 4 aromatic rings. The summed E-state index contributed by atoms with van der Waals surface area (Å²) < 4.78 is 37.5. The van der Waals surface area contributed by atoms with Crippen molar-refractivity contribution in [3.63, 3.8) is 0 Å². The Labute approximate surface area is 269 Å². The van der Waals surface area contributed by atoms with E-state index in [-0.39, 0.29) is 13.2 Å². The summed E-state index contributed by atoms with van der Waals surface area (Å²) in [6.07, 6.45) is -3.30. The predicted molar refractivity (Wildman–Crippen MR) is 172 cm³/mol. The lowest BCUT2D eigenvalue weighted by molar-refractivity contribution is -0.300. The molecule has 1 aliphatic heterocycles. The number of hydrogen-bond acceptors (Lipinski definition) is 8. The molecule has 1 heterocycles. The molecule has 1 fully saturated rings. The fourth-order valence-electron chi connectivity index (χ4n) is 4.98. The zero-order valence-electron chi connectivity index (χ0n) is 25.9. The molecule has 0 saturated carbocycles. The van der Waals surface area contributed by atoms with Gasteiger partial charge in [-0.15, -0.1) is 0 Å². The molecule has 1 aliphatic rings. The number of carbonyl (C=O) groups excluding carboxylic acids is 2. The van der Waals surface area contributed by atoms with Gasteiger partial charge in [-0.05, 0) is 55.3 Å². The molecule has 1 saturated heterocycles. The molecular weight excluding hydrogens is 584 g/mol. The van der Waals surface area contributed by atoms with Gasteiger partial charge in [-0.25, -0.2) is 9.59 Å². The van der Waals surface area contributed by atoms with Crippen molar-refractivity contribution in [2.24, 2.45) is 0 Å². The van der Waals surface area contributed by atoms with Crippen LogP contribution in [0.1, 0.15) is 45.7 Å². The molecule has 8 nitrogen and oxygen atoms in total. The molecule has 0 amide bonds. The van der Waals surface area contributed by atoms with Crippen LogP contribution in [-0.4, -0.2) is 49.3 Å². The molecule has 8 heteroatoms. The summed E-state index contributed by atoms with van der Waals surface area (Å²) in [7, 11) is 0. The van der Waals surface area contributed by atoms with Crippen LogP contribution in [0.2, 0.25) is 0 Å². The number of esters is 2. The largest absolute Gasteiger partial charge is 0.466 e. The second kappa shape index (κ2) is 16.5. The number of hydrogen-bond donors (Lipinski definition) is 0. The van der Waals surface area contributed by atoms with Gasteiger partial charge in [-0.3, -0.25) is 0 Å². The minimum Gasteiger partial charge on any atom is -0.466 e. The van der Waals surface area contributed by atoms with Crippen LogP contribution in [0.4, 0.5) is 0 Å². The summed E-state index contributed by atoms with van der Waals surface area (Å²) in [4.78, 5) is 27.0. The van der Waals surface area contributed by atoms with Crippen molar-refractivity contribution in [3.8, 4) is 0 Å². The highest BCUT2D eigenvalue weighted by atomic mass is 16.7. The third-order valence-electron chi connectivity index (χ3n) is 7.48. The van der Waals surface area contributed by atoms with Crippen LogP contribution in [0.5, 0.6) is 0 Å². The van der Waals surface area contributed by atoms with E-state index in [9.17, 15) is 9.59 Å². The van der Waals surface area contributed by atoms with Crippen molar-refractivity contribution in [1.29, 1.82) is 0 Å². The van der Waals surface area contributed by atoms with Gasteiger partial charge in [-0.1, -0.05) is 97.1 Å². The van der Waals surface area contributed by atoms with Crippen molar-refractivity contribution >= 4 is 11.9 Å². The molecule has 0 aliphatic carbocycles.